The van der Waals surface area contributed by atoms with Gasteiger partial charge in [-0.2, -0.15) is 18.4 Å². The molecule has 140 valence electrons. The van der Waals surface area contributed by atoms with Gasteiger partial charge in [-0.3, -0.25) is 5.32 Å². The van der Waals surface area contributed by atoms with Crippen LogP contribution in [0.3, 0.4) is 0 Å². The summed E-state index contributed by atoms with van der Waals surface area (Å²) < 4.78 is 44.8. The largest absolute Gasteiger partial charge is 0.467 e. The molecule has 2 N–H and O–H groups in total. The first-order valence-electron chi connectivity index (χ1n) is 6.64. The van der Waals surface area contributed by atoms with E-state index >= 15 is 0 Å². The number of ether oxygens (including phenoxy) is 3. The maximum Gasteiger partial charge on any atom is 0.342 e. The summed E-state index contributed by atoms with van der Waals surface area (Å²) in [5, 5.41) is 1.28. The molecule has 0 fully saturated rings. The number of amides is 2. The lowest BCUT2D eigenvalue weighted by Crippen LogP contribution is -2.35. The highest BCUT2D eigenvalue weighted by molar-refractivity contribution is 7.90. The van der Waals surface area contributed by atoms with Crippen LogP contribution in [0.1, 0.15) is 10.4 Å². The van der Waals surface area contributed by atoms with E-state index in [1.807, 2.05) is 0 Å². The standard InChI is InChI=1S/C12H13N5O8S/c1-22-7(18)6-4-5-25-8(6)26(20,21)17-10(19)13-9-14-11(23-2)16-12(15-9)24-3/h4-5H,1-3H3,(H2,13,14,15,16,17,19). The first-order valence-corrected chi connectivity index (χ1v) is 8.12. The van der Waals surface area contributed by atoms with Gasteiger partial charge in [0.25, 0.3) is 15.1 Å². The van der Waals surface area contributed by atoms with Gasteiger partial charge in [-0.15, -0.1) is 4.98 Å². The van der Waals surface area contributed by atoms with Crippen molar-refractivity contribution in [1.29, 1.82) is 0 Å². The molecule has 2 heterocycles. The van der Waals surface area contributed by atoms with E-state index in [0.29, 0.717) is 0 Å². The third-order valence-electron chi connectivity index (χ3n) is 2.69. The van der Waals surface area contributed by atoms with Gasteiger partial charge in [0.15, 0.2) is 0 Å². The molecule has 0 saturated carbocycles. The monoisotopic (exact) mass is 387 g/mol. The Balaban J connectivity index is 2.20. The highest BCUT2D eigenvalue weighted by atomic mass is 32.2. The Morgan fingerprint density at radius 1 is 1.08 bits per heavy atom. The van der Waals surface area contributed by atoms with Crippen LogP contribution in [0.2, 0.25) is 0 Å². The molecule has 0 radical (unpaired) electrons. The average Bonchev–Trinajstić information content (AvgIpc) is 3.10. The van der Waals surface area contributed by atoms with Gasteiger partial charge in [0, 0.05) is 0 Å². The summed E-state index contributed by atoms with van der Waals surface area (Å²) in [5.41, 5.74) is -0.378. The SMILES string of the molecule is COC(=O)c1ccoc1S(=O)(=O)NC(=O)Nc1nc(OC)nc(OC)n1. The van der Waals surface area contributed by atoms with Gasteiger partial charge in [0.1, 0.15) is 5.56 Å². The molecule has 0 aliphatic carbocycles. The van der Waals surface area contributed by atoms with Crippen molar-refractivity contribution in [2.75, 3.05) is 26.6 Å². The van der Waals surface area contributed by atoms with Crippen LogP contribution < -0.4 is 19.5 Å². The summed E-state index contributed by atoms with van der Waals surface area (Å²) >= 11 is 0. The quantitative estimate of drug-likeness (QED) is 0.627. The van der Waals surface area contributed by atoms with Gasteiger partial charge >= 0.3 is 24.0 Å². The number of carbonyl (C=O) groups excluding carboxylic acids is 2. The molecule has 2 aromatic rings. The van der Waals surface area contributed by atoms with Gasteiger partial charge in [-0.25, -0.2) is 14.3 Å². The summed E-state index contributed by atoms with van der Waals surface area (Å²) in [4.78, 5) is 34.6. The molecule has 14 heteroatoms. The smallest absolute Gasteiger partial charge is 0.342 e. The Kier molecular flexibility index (Phi) is 5.56. The predicted molar refractivity (Wildman–Crippen MR) is 82.3 cm³/mol. The number of methoxy groups -OCH3 is 3. The molecule has 0 saturated heterocycles. The molecule has 26 heavy (non-hydrogen) atoms. The second kappa shape index (κ2) is 7.64. The molecule has 0 aliphatic rings. The fourth-order valence-electron chi connectivity index (χ4n) is 1.64. The van der Waals surface area contributed by atoms with E-state index in [9.17, 15) is 18.0 Å². The zero-order valence-electron chi connectivity index (χ0n) is 13.7. The molecular weight excluding hydrogens is 374 g/mol. The second-order valence-electron chi connectivity index (χ2n) is 4.31. The Bertz CT molecular complexity index is 903. The minimum Gasteiger partial charge on any atom is -0.467 e. The third kappa shape index (κ3) is 4.15. The van der Waals surface area contributed by atoms with Crippen molar-refractivity contribution in [1.82, 2.24) is 19.7 Å². The molecule has 0 aromatic carbocycles. The molecule has 13 nitrogen and oxygen atoms in total. The average molecular weight is 387 g/mol. The second-order valence-corrected chi connectivity index (χ2v) is 5.89. The summed E-state index contributed by atoms with van der Waals surface area (Å²) in [6, 6.07) is -0.490. The molecule has 0 aliphatic heterocycles. The number of urea groups is 1. The van der Waals surface area contributed by atoms with Crippen LogP contribution in [0, 0.1) is 0 Å². The number of anilines is 1. The van der Waals surface area contributed by atoms with Gasteiger partial charge in [-0.05, 0) is 6.07 Å². The van der Waals surface area contributed by atoms with Crippen LogP contribution >= 0.6 is 0 Å². The number of rotatable bonds is 6. The van der Waals surface area contributed by atoms with E-state index in [-0.39, 0.29) is 23.5 Å². The molecular formula is C12H13N5O8S. The van der Waals surface area contributed by atoms with Crippen LogP contribution in [-0.2, 0) is 14.8 Å². The van der Waals surface area contributed by atoms with Crippen molar-refractivity contribution >= 4 is 28.0 Å². The lowest BCUT2D eigenvalue weighted by atomic mass is 10.3. The summed E-state index contributed by atoms with van der Waals surface area (Å²) in [6.07, 6.45) is 0.959. The molecule has 0 unspecified atom stereocenters. The van der Waals surface area contributed by atoms with Gasteiger partial charge in [0.05, 0.1) is 27.6 Å². The first kappa shape index (κ1) is 18.9. The number of esters is 1. The van der Waals surface area contributed by atoms with E-state index in [1.54, 1.807) is 4.72 Å². The van der Waals surface area contributed by atoms with Crippen molar-refractivity contribution in [2.45, 2.75) is 5.09 Å². The highest BCUT2D eigenvalue weighted by Gasteiger charge is 2.29. The number of hydrogen-bond donors (Lipinski definition) is 2. The first-order chi connectivity index (χ1) is 12.3. The molecule has 0 spiro atoms. The maximum absolute atomic E-state index is 12.2. The topological polar surface area (TPSA) is 172 Å². The molecule has 0 atom stereocenters. The molecule has 2 aromatic heterocycles. The minimum atomic E-state index is -4.52. The summed E-state index contributed by atoms with van der Waals surface area (Å²) in [7, 11) is -0.909. The summed E-state index contributed by atoms with van der Waals surface area (Å²) in [5.74, 6) is -1.29. The minimum absolute atomic E-state index is 0.172. The normalized spacial score (nSPS) is 10.7. The van der Waals surface area contributed by atoms with Crippen molar-refractivity contribution < 1.29 is 36.6 Å². The van der Waals surface area contributed by atoms with Gasteiger partial charge in [0.2, 0.25) is 5.95 Å². The number of aromatic nitrogens is 3. The number of hydrogen-bond acceptors (Lipinski definition) is 11. The molecule has 2 amide bonds. The number of nitrogens with zero attached hydrogens (tertiary/aromatic N) is 3. The molecule has 0 bridgehead atoms. The van der Waals surface area contributed by atoms with Crippen LogP contribution in [0.15, 0.2) is 21.8 Å². The lowest BCUT2D eigenvalue weighted by molar-refractivity contribution is 0.0593. The number of furan rings is 1. The predicted octanol–water partition coefficient (Wildman–Crippen LogP) is -0.221. The van der Waals surface area contributed by atoms with Crippen molar-refractivity contribution in [2.24, 2.45) is 0 Å². The number of nitrogens with one attached hydrogen (secondary N) is 2. The van der Waals surface area contributed by atoms with Crippen molar-refractivity contribution in [3.05, 3.63) is 17.9 Å². The fourth-order valence-corrected chi connectivity index (χ4v) is 2.65. The lowest BCUT2D eigenvalue weighted by Gasteiger charge is -2.08. The van der Waals surface area contributed by atoms with Crippen LogP contribution in [-0.4, -0.2) is 56.7 Å². The summed E-state index contributed by atoms with van der Waals surface area (Å²) in [6.45, 7) is 0. The van der Waals surface area contributed by atoms with Crippen molar-refractivity contribution in [3.8, 4) is 12.0 Å². The Morgan fingerprint density at radius 3 is 2.23 bits per heavy atom. The Morgan fingerprint density at radius 2 is 1.69 bits per heavy atom. The van der Waals surface area contributed by atoms with E-state index < -0.39 is 27.1 Å². The fraction of sp³-hybridized carbons (Fsp3) is 0.250. The zero-order valence-corrected chi connectivity index (χ0v) is 14.5. The van der Waals surface area contributed by atoms with E-state index in [2.05, 4.69) is 25.0 Å². The third-order valence-corrected chi connectivity index (χ3v) is 3.95. The molecule has 2 rings (SSSR count). The van der Waals surface area contributed by atoms with E-state index in [0.717, 1.165) is 19.4 Å². The Hall–Kier alpha value is -3.42. The Labute approximate surface area is 146 Å². The van der Waals surface area contributed by atoms with Gasteiger partial charge in [-0.1, -0.05) is 0 Å². The van der Waals surface area contributed by atoms with Crippen LogP contribution in [0.5, 0.6) is 12.0 Å². The maximum atomic E-state index is 12.2. The van der Waals surface area contributed by atoms with Crippen LogP contribution in [0.4, 0.5) is 10.7 Å². The highest BCUT2D eigenvalue weighted by Crippen LogP contribution is 2.18. The van der Waals surface area contributed by atoms with E-state index in [4.69, 9.17) is 13.9 Å². The van der Waals surface area contributed by atoms with Crippen LogP contribution in [0.25, 0.3) is 0 Å². The zero-order chi connectivity index (χ0) is 19.3. The van der Waals surface area contributed by atoms with Crippen molar-refractivity contribution in [3.63, 3.8) is 0 Å². The van der Waals surface area contributed by atoms with Gasteiger partial charge < -0.3 is 18.6 Å². The number of sulfonamides is 1. The number of carbonyl (C=O) groups is 2. The van der Waals surface area contributed by atoms with E-state index in [1.165, 1.54) is 14.2 Å².